The van der Waals surface area contributed by atoms with Crippen molar-refractivity contribution in [3.8, 4) is 11.5 Å². The fourth-order valence-corrected chi connectivity index (χ4v) is 4.19. The minimum atomic E-state index is -3.76. The van der Waals surface area contributed by atoms with E-state index in [9.17, 15) is 13.2 Å². The lowest BCUT2D eigenvalue weighted by Crippen LogP contribution is -2.31. The fourth-order valence-electron chi connectivity index (χ4n) is 3.13. The van der Waals surface area contributed by atoms with E-state index in [-0.39, 0.29) is 10.8 Å². The van der Waals surface area contributed by atoms with Crippen LogP contribution in [0.2, 0.25) is 0 Å². The average Bonchev–Trinajstić information content (AvgIpc) is 2.64. The molecule has 0 saturated heterocycles. The Hall–Kier alpha value is -2.74. The summed E-state index contributed by atoms with van der Waals surface area (Å²) in [6.45, 7) is 0.838. The molecule has 0 aromatic heterocycles. The van der Waals surface area contributed by atoms with Crippen LogP contribution in [0.3, 0.4) is 0 Å². The van der Waals surface area contributed by atoms with Gasteiger partial charge >= 0.3 is 0 Å². The number of amides is 1. The number of benzene rings is 2. The van der Waals surface area contributed by atoms with Crippen LogP contribution in [0.4, 0.5) is 11.4 Å². The van der Waals surface area contributed by atoms with Gasteiger partial charge in [0, 0.05) is 30.9 Å². The Morgan fingerprint density at radius 2 is 1.77 bits per heavy atom. The Balaban J connectivity index is 1.61. The van der Waals surface area contributed by atoms with Crippen molar-refractivity contribution in [1.29, 1.82) is 0 Å². The average molecular weight is 374 g/mol. The number of aryl methyl sites for hydroxylation is 1. The highest BCUT2D eigenvalue weighted by atomic mass is 32.2. The number of rotatable bonds is 3. The minimum absolute atomic E-state index is 0.0575. The molecule has 1 amide bonds. The molecule has 1 N–H and O–H groups in total. The van der Waals surface area contributed by atoms with Crippen LogP contribution >= 0.6 is 0 Å². The van der Waals surface area contributed by atoms with E-state index in [1.54, 1.807) is 36.2 Å². The summed E-state index contributed by atoms with van der Waals surface area (Å²) >= 11 is 0. The van der Waals surface area contributed by atoms with Crippen molar-refractivity contribution in [2.24, 2.45) is 0 Å². The molecule has 2 heterocycles. The first-order chi connectivity index (χ1) is 12.4. The van der Waals surface area contributed by atoms with E-state index >= 15 is 0 Å². The first-order valence-corrected chi connectivity index (χ1v) is 9.74. The van der Waals surface area contributed by atoms with E-state index in [0.717, 1.165) is 11.3 Å². The maximum Gasteiger partial charge on any atom is 0.262 e. The molecule has 0 atom stereocenters. The zero-order valence-corrected chi connectivity index (χ0v) is 15.0. The van der Waals surface area contributed by atoms with E-state index in [1.165, 1.54) is 12.1 Å². The lowest BCUT2D eigenvalue weighted by atomic mass is 10.0. The smallest absolute Gasteiger partial charge is 0.262 e. The molecule has 0 unspecified atom stereocenters. The normalized spacial score (nSPS) is 16.2. The van der Waals surface area contributed by atoms with Crippen molar-refractivity contribution in [3.05, 3.63) is 42.0 Å². The quantitative estimate of drug-likeness (QED) is 0.890. The Labute approximate surface area is 151 Å². The van der Waals surface area contributed by atoms with Crippen LogP contribution < -0.4 is 19.1 Å². The fraction of sp³-hybridized carbons (Fsp3) is 0.278. The van der Waals surface area contributed by atoms with Gasteiger partial charge in [-0.1, -0.05) is 0 Å². The standard InChI is InChI=1S/C18H18N2O5S/c1-20-15-5-3-13(10-12(15)2-7-18(20)21)19-26(22,23)14-4-6-16-17(11-14)25-9-8-24-16/h3-6,10-11,19H,2,7-9H2,1H3. The highest BCUT2D eigenvalue weighted by Gasteiger charge is 2.23. The molecular weight excluding hydrogens is 356 g/mol. The van der Waals surface area contributed by atoms with Crippen molar-refractivity contribution >= 4 is 27.3 Å². The minimum Gasteiger partial charge on any atom is -0.486 e. The SMILES string of the molecule is CN1C(=O)CCc2cc(NS(=O)(=O)c3ccc4c(c3)OCCO4)ccc21. The Bertz CT molecular complexity index is 987. The lowest BCUT2D eigenvalue weighted by molar-refractivity contribution is -0.118. The third-order valence-corrected chi connectivity index (χ3v) is 5.88. The number of carbonyl (C=O) groups is 1. The van der Waals surface area contributed by atoms with Gasteiger partial charge in [0.15, 0.2) is 11.5 Å². The van der Waals surface area contributed by atoms with Gasteiger partial charge < -0.3 is 14.4 Å². The van der Waals surface area contributed by atoms with Gasteiger partial charge in [0.25, 0.3) is 10.0 Å². The first kappa shape index (κ1) is 16.7. The van der Waals surface area contributed by atoms with Crippen LogP contribution in [0.5, 0.6) is 11.5 Å². The van der Waals surface area contributed by atoms with Crippen LogP contribution in [0.1, 0.15) is 12.0 Å². The van der Waals surface area contributed by atoms with Gasteiger partial charge in [-0.25, -0.2) is 8.42 Å². The highest BCUT2D eigenvalue weighted by molar-refractivity contribution is 7.92. The molecule has 2 aliphatic heterocycles. The zero-order valence-electron chi connectivity index (χ0n) is 14.2. The van der Waals surface area contributed by atoms with Crippen molar-refractivity contribution in [3.63, 3.8) is 0 Å². The van der Waals surface area contributed by atoms with Gasteiger partial charge in [-0.2, -0.15) is 0 Å². The maximum atomic E-state index is 12.7. The summed E-state index contributed by atoms with van der Waals surface area (Å²) in [4.78, 5) is 13.5. The van der Waals surface area contributed by atoms with Crippen LogP contribution in [-0.2, 0) is 21.2 Å². The third-order valence-electron chi connectivity index (χ3n) is 4.50. The molecule has 8 heteroatoms. The van der Waals surface area contributed by atoms with E-state index in [4.69, 9.17) is 9.47 Å². The summed E-state index contributed by atoms with van der Waals surface area (Å²) in [5, 5.41) is 0. The van der Waals surface area contributed by atoms with Crippen molar-refractivity contribution in [2.45, 2.75) is 17.7 Å². The molecule has 2 aromatic rings. The third kappa shape index (κ3) is 2.96. The Kier molecular flexibility index (Phi) is 3.99. The summed E-state index contributed by atoms with van der Waals surface area (Å²) in [5.74, 6) is 1.02. The predicted octanol–water partition coefficient (Wildman–Crippen LogP) is 2.17. The van der Waals surface area contributed by atoms with Gasteiger partial charge in [-0.3, -0.25) is 9.52 Å². The lowest BCUT2D eigenvalue weighted by Gasteiger charge is -2.26. The number of nitrogens with zero attached hydrogens (tertiary/aromatic N) is 1. The second-order valence-corrected chi connectivity index (χ2v) is 7.89. The molecule has 0 spiro atoms. The summed E-state index contributed by atoms with van der Waals surface area (Å²) in [5.41, 5.74) is 2.21. The molecular formula is C18H18N2O5S. The van der Waals surface area contributed by atoms with E-state index in [2.05, 4.69) is 4.72 Å². The second kappa shape index (κ2) is 6.21. The number of anilines is 2. The molecule has 0 saturated carbocycles. The number of hydrogen-bond donors (Lipinski definition) is 1. The summed E-state index contributed by atoms with van der Waals surface area (Å²) in [6, 6.07) is 9.73. The summed E-state index contributed by atoms with van der Waals surface area (Å²) in [6.07, 6.45) is 1.01. The zero-order chi connectivity index (χ0) is 18.3. The van der Waals surface area contributed by atoms with Crippen LogP contribution in [0.15, 0.2) is 41.3 Å². The predicted molar refractivity (Wildman–Crippen MR) is 96.4 cm³/mol. The monoisotopic (exact) mass is 374 g/mol. The van der Waals surface area contributed by atoms with Crippen molar-refractivity contribution < 1.29 is 22.7 Å². The highest BCUT2D eigenvalue weighted by Crippen LogP contribution is 2.34. The largest absolute Gasteiger partial charge is 0.486 e. The van der Waals surface area contributed by atoms with Crippen LogP contribution in [0.25, 0.3) is 0 Å². The maximum absolute atomic E-state index is 12.7. The van der Waals surface area contributed by atoms with Gasteiger partial charge in [-0.15, -0.1) is 0 Å². The molecule has 0 radical (unpaired) electrons. The van der Waals surface area contributed by atoms with E-state index < -0.39 is 10.0 Å². The topological polar surface area (TPSA) is 84.9 Å². The number of nitrogens with one attached hydrogen (secondary N) is 1. The van der Waals surface area contributed by atoms with Gasteiger partial charge in [0.2, 0.25) is 5.91 Å². The number of carbonyl (C=O) groups excluding carboxylic acids is 1. The molecule has 0 aliphatic carbocycles. The van der Waals surface area contributed by atoms with Crippen LogP contribution in [0, 0.1) is 0 Å². The number of ether oxygens (including phenoxy) is 2. The summed E-state index contributed by atoms with van der Waals surface area (Å²) in [7, 11) is -2.04. The molecule has 4 rings (SSSR count). The second-order valence-electron chi connectivity index (χ2n) is 6.21. The van der Waals surface area contributed by atoms with E-state index in [1.807, 2.05) is 0 Å². The number of fused-ring (bicyclic) bond motifs is 2. The van der Waals surface area contributed by atoms with Crippen LogP contribution in [-0.4, -0.2) is 34.6 Å². The number of hydrogen-bond acceptors (Lipinski definition) is 5. The Morgan fingerprint density at radius 1 is 1.00 bits per heavy atom. The molecule has 26 heavy (non-hydrogen) atoms. The summed E-state index contributed by atoms with van der Waals surface area (Å²) < 4.78 is 38.9. The Morgan fingerprint density at radius 3 is 2.58 bits per heavy atom. The molecule has 0 fully saturated rings. The van der Waals surface area contributed by atoms with Gasteiger partial charge in [-0.05, 0) is 42.3 Å². The molecule has 2 aromatic carbocycles. The van der Waals surface area contributed by atoms with Crippen molar-refractivity contribution in [2.75, 3.05) is 29.9 Å². The molecule has 136 valence electrons. The van der Waals surface area contributed by atoms with E-state index in [0.29, 0.717) is 43.2 Å². The number of sulfonamides is 1. The molecule has 2 aliphatic rings. The van der Waals surface area contributed by atoms with Gasteiger partial charge in [0.1, 0.15) is 13.2 Å². The van der Waals surface area contributed by atoms with Gasteiger partial charge in [0.05, 0.1) is 4.90 Å². The molecule has 7 nitrogen and oxygen atoms in total. The first-order valence-electron chi connectivity index (χ1n) is 8.26. The van der Waals surface area contributed by atoms with Crippen molar-refractivity contribution in [1.82, 2.24) is 0 Å². The molecule has 0 bridgehead atoms.